The summed E-state index contributed by atoms with van der Waals surface area (Å²) in [6.07, 6.45) is 1.80. The Morgan fingerprint density at radius 1 is 0.966 bits per heavy atom. The van der Waals surface area contributed by atoms with Crippen molar-refractivity contribution in [2.24, 2.45) is 0 Å². The lowest BCUT2D eigenvalue weighted by molar-refractivity contribution is -0.116. The molecule has 0 aliphatic carbocycles. The van der Waals surface area contributed by atoms with Crippen molar-refractivity contribution in [2.75, 3.05) is 23.7 Å². The largest absolute Gasteiger partial charge is 0.374 e. The molecule has 1 aliphatic heterocycles. The summed E-state index contributed by atoms with van der Waals surface area (Å²) < 4.78 is 26.7. The second kappa shape index (κ2) is 8.97. The predicted octanol–water partition coefficient (Wildman–Crippen LogP) is 4.03. The van der Waals surface area contributed by atoms with Crippen molar-refractivity contribution in [1.82, 2.24) is 4.31 Å². The van der Waals surface area contributed by atoms with Gasteiger partial charge in [-0.3, -0.25) is 4.79 Å². The van der Waals surface area contributed by atoms with Crippen molar-refractivity contribution in [3.8, 4) is 0 Å². The van der Waals surface area contributed by atoms with Crippen molar-refractivity contribution in [3.05, 3.63) is 54.1 Å². The molecule has 2 aromatic carbocycles. The zero-order chi connectivity index (χ0) is 21.0. The first-order valence-corrected chi connectivity index (χ1v) is 11.5. The van der Waals surface area contributed by atoms with E-state index >= 15 is 0 Å². The zero-order valence-corrected chi connectivity index (χ0v) is 18.0. The van der Waals surface area contributed by atoms with Crippen LogP contribution in [-0.4, -0.2) is 37.8 Å². The Morgan fingerprint density at radius 2 is 1.59 bits per heavy atom. The average Bonchev–Trinajstić information content (AvgIpc) is 3.24. The Labute approximate surface area is 173 Å². The van der Waals surface area contributed by atoms with E-state index in [1.807, 2.05) is 18.2 Å². The van der Waals surface area contributed by atoms with Crippen LogP contribution in [0.3, 0.4) is 0 Å². The number of amides is 1. The van der Waals surface area contributed by atoms with Gasteiger partial charge in [-0.25, -0.2) is 8.42 Å². The molecular formula is C22H29N3O3S. The van der Waals surface area contributed by atoms with E-state index in [0.717, 1.165) is 24.1 Å². The molecule has 29 heavy (non-hydrogen) atoms. The zero-order valence-electron chi connectivity index (χ0n) is 17.2. The van der Waals surface area contributed by atoms with Crippen molar-refractivity contribution in [2.45, 2.75) is 50.5 Å². The second-order valence-electron chi connectivity index (χ2n) is 7.73. The molecule has 0 spiro atoms. The Hall–Kier alpha value is -2.38. The fraction of sp³-hybridized carbons (Fsp3) is 0.409. The fourth-order valence-electron chi connectivity index (χ4n) is 3.47. The van der Waals surface area contributed by atoms with Gasteiger partial charge in [-0.05, 0) is 61.6 Å². The number of benzene rings is 2. The Balaban J connectivity index is 1.65. The number of para-hydroxylation sites is 1. The SMILES string of the molecule is CC(C)c1ccccc1N[C@@H](C)C(=O)Nc1ccc(S(=O)(=O)N2CCCC2)cc1. The monoisotopic (exact) mass is 415 g/mol. The van der Waals surface area contributed by atoms with Gasteiger partial charge in [0.1, 0.15) is 6.04 Å². The molecule has 156 valence electrons. The summed E-state index contributed by atoms with van der Waals surface area (Å²) in [5.74, 6) is 0.165. The smallest absolute Gasteiger partial charge is 0.246 e. The number of nitrogens with one attached hydrogen (secondary N) is 2. The van der Waals surface area contributed by atoms with Crippen LogP contribution < -0.4 is 10.6 Å². The first-order chi connectivity index (χ1) is 13.8. The van der Waals surface area contributed by atoms with E-state index in [1.165, 1.54) is 4.31 Å². The number of anilines is 2. The van der Waals surface area contributed by atoms with Gasteiger partial charge in [0.15, 0.2) is 0 Å². The van der Waals surface area contributed by atoms with Crippen LogP contribution in [0.4, 0.5) is 11.4 Å². The predicted molar refractivity (Wildman–Crippen MR) is 117 cm³/mol. The summed E-state index contributed by atoms with van der Waals surface area (Å²) in [4.78, 5) is 12.8. The van der Waals surface area contributed by atoms with Crippen molar-refractivity contribution >= 4 is 27.3 Å². The molecular weight excluding hydrogens is 386 g/mol. The minimum atomic E-state index is -3.45. The molecule has 0 aromatic heterocycles. The number of carbonyl (C=O) groups excluding carboxylic acids is 1. The molecule has 1 atom stereocenters. The molecule has 0 bridgehead atoms. The highest BCUT2D eigenvalue weighted by atomic mass is 32.2. The first kappa shape index (κ1) is 21.3. The number of hydrogen-bond donors (Lipinski definition) is 2. The summed E-state index contributed by atoms with van der Waals surface area (Å²) in [6.45, 7) is 7.17. The third kappa shape index (κ3) is 4.97. The quantitative estimate of drug-likeness (QED) is 0.716. The van der Waals surface area contributed by atoms with E-state index in [4.69, 9.17) is 0 Å². The molecule has 0 unspecified atom stereocenters. The topological polar surface area (TPSA) is 78.5 Å². The molecule has 7 heteroatoms. The Bertz CT molecular complexity index is 950. The van der Waals surface area contributed by atoms with E-state index in [9.17, 15) is 13.2 Å². The maximum Gasteiger partial charge on any atom is 0.246 e. The summed E-state index contributed by atoms with van der Waals surface area (Å²) >= 11 is 0. The van der Waals surface area contributed by atoms with Crippen LogP contribution in [0.5, 0.6) is 0 Å². The Kier molecular flexibility index (Phi) is 6.59. The lowest BCUT2D eigenvalue weighted by Gasteiger charge is -2.19. The number of sulfonamides is 1. The first-order valence-electron chi connectivity index (χ1n) is 10.1. The van der Waals surface area contributed by atoms with E-state index in [-0.39, 0.29) is 10.8 Å². The van der Waals surface area contributed by atoms with Gasteiger partial charge in [-0.1, -0.05) is 32.0 Å². The van der Waals surface area contributed by atoms with Crippen LogP contribution in [0, 0.1) is 0 Å². The maximum absolute atomic E-state index is 12.6. The van der Waals surface area contributed by atoms with Crippen LogP contribution >= 0.6 is 0 Å². The number of carbonyl (C=O) groups is 1. The normalized spacial score (nSPS) is 16.0. The van der Waals surface area contributed by atoms with Crippen LogP contribution in [-0.2, 0) is 14.8 Å². The standard InChI is InChI=1S/C22H29N3O3S/c1-16(2)20-8-4-5-9-21(20)23-17(3)22(26)24-18-10-12-19(13-11-18)29(27,28)25-14-6-7-15-25/h4-5,8-13,16-17,23H,6-7,14-15H2,1-3H3,(H,24,26)/t17-/m0/s1. The average molecular weight is 416 g/mol. The third-order valence-electron chi connectivity index (χ3n) is 5.17. The van der Waals surface area contributed by atoms with Crippen molar-refractivity contribution < 1.29 is 13.2 Å². The second-order valence-corrected chi connectivity index (χ2v) is 9.67. The van der Waals surface area contributed by atoms with E-state index in [2.05, 4.69) is 30.5 Å². The van der Waals surface area contributed by atoms with Crippen molar-refractivity contribution in [3.63, 3.8) is 0 Å². The van der Waals surface area contributed by atoms with Gasteiger partial charge in [-0.2, -0.15) is 4.31 Å². The summed E-state index contributed by atoms with van der Waals surface area (Å²) in [7, 11) is -3.45. The third-order valence-corrected chi connectivity index (χ3v) is 7.09. The van der Waals surface area contributed by atoms with Gasteiger partial charge in [-0.15, -0.1) is 0 Å². The minimum absolute atomic E-state index is 0.182. The maximum atomic E-state index is 12.6. The Morgan fingerprint density at radius 3 is 2.21 bits per heavy atom. The molecule has 6 nitrogen and oxygen atoms in total. The lowest BCUT2D eigenvalue weighted by atomic mass is 10.0. The molecule has 2 N–H and O–H groups in total. The summed E-state index contributed by atoms with van der Waals surface area (Å²) in [5, 5.41) is 6.12. The van der Waals surface area contributed by atoms with Crippen LogP contribution in [0.2, 0.25) is 0 Å². The lowest BCUT2D eigenvalue weighted by Crippen LogP contribution is -2.32. The van der Waals surface area contributed by atoms with E-state index in [1.54, 1.807) is 31.2 Å². The van der Waals surface area contributed by atoms with Gasteiger partial charge in [0.2, 0.25) is 15.9 Å². The van der Waals surface area contributed by atoms with Gasteiger partial charge < -0.3 is 10.6 Å². The van der Waals surface area contributed by atoms with Gasteiger partial charge in [0.25, 0.3) is 0 Å². The van der Waals surface area contributed by atoms with Gasteiger partial charge in [0.05, 0.1) is 4.90 Å². The highest BCUT2D eigenvalue weighted by molar-refractivity contribution is 7.89. The van der Waals surface area contributed by atoms with Gasteiger partial charge >= 0.3 is 0 Å². The highest BCUT2D eigenvalue weighted by Gasteiger charge is 2.27. The van der Waals surface area contributed by atoms with E-state index < -0.39 is 16.1 Å². The molecule has 0 radical (unpaired) electrons. The highest BCUT2D eigenvalue weighted by Crippen LogP contribution is 2.25. The number of rotatable bonds is 7. The molecule has 3 rings (SSSR count). The van der Waals surface area contributed by atoms with Crippen molar-refractivity contribution in [1.29, 1.82) is 0 Å². The molecule has 1 amide bonds. The fourth-order valence-corrected chi connectivity index (χ4v) is 4.99. The van der Waals surface area contributed by atoms with Crippen LogP contribution in [0.25, 0.3) is 0 Å². The summed E-state index contributed by atoms with van der Waals surface area (Å²) in [6, 6.07) is 13.9. The van der Waals surface area contributed by atoms with Gasteiger partial charge in [0, 0.05) is 24.5 Å². The van der Waals surface area contributed by atoms with Crippen LogP contribution in [0.1, 0.15) is 45.1 Å². The molecule has 2 aromatic rings. The molecule has 1 saturated heterocycles. The summed E-state index contributed by atoms with van der Waals surface area (Å²) in [5.41, 5.74) is 2.67. The number of hydrogen-bond acceptors (Lipinski definition) is 4. The minimum Gasteiger partial charge on any atom is -0.374 e. The van der Waals surface area contributed by atoms with E-state index in [0.29, 0.717) is 24.7 Å². The molecule has 0 saturated carbocycles. The molecule has 1 aliphatic rings. The van der Waals surface area contributed by atoms with Crippen LogP contribution in [0.15, 0.2) is 53.4 Å². The number of nitrogens with zero attached hydrogens (tertiary/aromatic N) is 1. The molecule has 1 fully saturated rings. The molecule has 1 heterocycles.